The molecule has 0 radical (unpaired) electrons. The standard InChI is InChI=1S/C11H14ClO.BrH.Zn/c1-2-3-6-9-13-11-8-5-4-7-10(11)12;;/h5,7-8H,2-3,6,9H2,1H3;1H;/q-1;;+2/p-1. The fraction of sp³-hybridized carbons (Fsp3) is 0.455. The van der Waals surface area contributed by atoms with Crippen LogP contribution in [0.1, 0.15) is 26.2 Å². The normalized spacial score (nSPS) is 9.13. The summed E-state index contributed by atoms with van der Waals surface area (Å²) in [5, 5.41) is 0.638. The summed E-state index contributed by atoms with van der Waals surface area (Å²) < 4.78 is 5.49. The van der Waals surface area contributed by atoms with Gasteiger partial charge in [0.25, 0.3) is 0 Å². The third-order valence-electron chi connectivity index (χ3n) is 1.78. The van der Waals surface area contributed by atoms with Crippen molar-refractivity contribution in [1.29, 1.82) is 0 Å². The van der Waals surface area contributed by atoms with Crippen LogP contribution in [0.2, 0.25) is 5.02 Å². The van der Waals surface area contributed by atoms with Crippen LogP contribution in [0.5, 0.6) is 5.75 Å². The first-order chi connectivity index (χ1) is 7.34. The maximum absolute atomic E-state index is 5.88. The zero-order valence-electron chi connectivity index (χ0n) is 8.93. The van der Waals surface area contributed by atoms with Gasteiger partial charge in [-0.05, 0) is 11.4 Å². The molecule has 0 amide bonds. The van der Waals surface area contributed by atoms with Gasteiger partial charge in [0, 0.05) is 5.75 Å². The van der Waals surface area contributed by atoms with Crippen LogP contribution in [-0.2, 0) is 16.3 Å². The van der Waals surface area contributed by atoms with Gasteiger partial charge in [0.05, 0.1) is 6.61 Å². The Balaban J connectivity index is 0.000000921. The Hall–Kier alpha value is 0.413. The zero-order valence-corrected chi connectivity index (χ0v) is 14.2. The molecule has 1 aromatic carbocycles. The second kappa shape index (κ2) is 10.9. The van der Waals surface area contributed by atoms with Crippen molar-refractivity contribution in [3.8, 4) is 5.75 Å². The van der Waals surface area contributed by atoms with E-state index in [4.69, 9.17) is 16.3 Å². The van der Waals surface area contributed by atoms with Gasteiger partial charge in [-0.15, -0.1) is 6.07 Å². The van der Waals surface area contributed by atoms with Crippen LogP contribution in [0, 0.1) is 6.07 Å². The van der Waals surface area contributed by atoms with Crippen molar-refractivity contribution < 1.29 is 21.1 Å². The number of rotatable bonds is 5. The van der Waals surface area contributed by atoms with Crippen molar-refractivity contribution >= 4 is 25.2 Å². The first-order valence-corrected chi connectivity index (χ1v) is 12.2. The first-order valence-electron chi connectivity index (χ1n) is 4.89. The summed E-state index contributed by atoms with van der Waals surface area (Å²) in [6.07, 6.45) is 3.50. The van der Waals surface area contributed by atoms with Gasteiger partial charge in [-0.25, -0.2) is 0 Å². The van der Waals surface area contributed by atoms with Crippen molar-refractivity contribution in [2.75, 3.05) is 6.61 Å². The predicted octanol–water partition coefficient (Wildman–Crippen LogP) is 4.55. The van der Waals surface area contributed by atoms with E-state index < -0.39 is 0 Å². The molecule has 0 unspecified atom stereocenters. The van der Waals surface area contributed by atoms with Crippen molar-refractivity contribution in [3.63, 3.8) is 0 Å². The van der Waals surface area contributed by atoms with Crippen LogP contribution >= 0.6 is 25.2 Å². The molecule has 0 atom stereocenters. The van der Waals surface area contributed by atoms with E-state index >= 15 is 0 Å². The fourth-order valence-corrected chi connectivity index (χ4v) is 1.23. The molecule has 0 saturated carbocycles. The second-order valence-electron chi connectivity index (χ2n) is 2.91. The number of hydrogen-bond acceptors (Lipinski definition) is 1. The van der Waals surface area contributed by atoms with Crippen LogP contribution in [0.25, 0.3) is 0 Å². The van der Waals surface area contributed by atoms with E-state index in [0.717, 1.165) is 18.8 Å². The van der Waals surface area contributed by atoms with Crippen LogP contribution in [0.15, 0.2) is 18.2 Å². The average Bonchev–Trinajstić information content (AvgIpc) is 2.29. The van der Waals surface area contributed by atoms with E-state index in [9.17, 15) is 0 Å². The van der Waals surface area contributed by atoms with Crippen molar-refractivity contribution in [2.24, 2.45) is 0 Å². The van der Waals surface area contributed by atoms with E-state index in [1.807, 2.05) is 6.07 Å². The SMILES string of the molecule is CCCCCOc1cc[c-]cc1Cl.[Zn+][Br]. The summed E-state index contributed by atoms with van der Waals surface area (Å²) in [7, 11) is 0. The molecule has 0 aromatic heterocycles. The molecule has 80 valence electrons. The third-order valence-corrected chi connectivity index (χ3v) is 2.08. The summed E-state index contributed by atoms with van der Waals surface area (Å²) in [6.45, 7) is 2.92. The molecule has 4 heteroatoms. The molecule has 15 heavy (non-hydrogen) atoms. The van der Waals surface area contributed by atoms with E-state index in [1.54, 1.807) is 12.1 Å². The Kier molecular flexibility index (Phi) is 11.2. The second-order valence-corrected chi connectivity index (χ2v) is 3.32. The van der Waals surface area contributed by atoms with Crippen molar-refractivity contribution in [3.05, 3.63) is 29.3 Å². The Morgan fingerprint density at radius 2 is 2.20 bits per heavy atom. The number of hydrogen-bond donors (Lipinski definition) is 0. The van der Waals surface area contributed by atoms with E-state index in [1.165, 1.54) is 29.2 Å². The summed E-state index contributed by atoms with van der Waals surface area (Å²) >= 11 is 10.1. The quantitative estimate of drug-likeness (QED) is 0.433. The van der Waals surface area contributed by atoms with Crippen LogP contribution in [0.3, 0.4) is 0 Å². The molecule has 0 aliphatic heterocycles. The topological polar surface area (TPSA) is 9.23 Å². The molecule has 0 aliphatic carbocycles. The Bertz CT molecular complexity index is 258. The third kappa shape index (κ3) is 7.32. The van der Waals surface area contributed by atoms with Gasteiger partial charge in [0.1, 0.15) is 0 Å². The molecule has 0 heterocycles. The van der Waals surface area contributed by atoms with E-state index in [2.05, 4.69) is 26.6 Å². The first kappa shape index (κ1) is 15.4. The van der Waals surface area contributed by atoms with Crippen molar-refractivity contribution in [2.45, 2.75) is 26.2 Å². The molecule has 1 rings (SSSR count). The van der Waals surface area contributed by atoms with Crippen LogP contribution in [-0.4, -0.2) is 6.61 Å². The number of benzene rings is 1. The summed E-state index contributed by atoms with van der Waals surface area (Å²) in [5.74, 6) is 0.761. The minimum absolute atomic E-state index is 0.638. The van der Waals surface area contributed by atoms with Gasteiger partial charge in [-0.1, -0.05) is 19.8 Å². The molecular formula is C11H14BrClOZn. The van der Waals surface area contributed by atoms with Gasteiger partial charge >= 0.3 is 30.0 Å². The van der Waals surface area contributed by atoms with E-state index in [0.29, 0.717) is 5.02 Å². The Labute approximate surface area is 114 Å². The van der Waals surface area contributed by atoms with Crippen LogP contribution in [0.4, 0.5) is 0 Å². The summed E-state index contributed by atoms with van der Waals surface area (Å²) in [5.41, 5.74) is 0. The predicted molar refractivity (Wildman–Crippen MR) is 64.2 cm³/mol. The summed E-state index contributed by atoms with van der Waals surface area (Å²) in [4.78, 5) is 0. The van der Waals surface area contributed by atoms with Gasteiger partial charge < -0.3 is 4.74 Å². The summed E-state index contributed by atoms with van der Waals surface area (Å²) in [6, 6.07) is 8.26. The Morgan fingerprint density at radius 1 is 1.47 bits per heavy atom. The van der Waals surface area contributed by atoms with Gasteiger partial charge in [-0.2, -0.15) is 29.8 Å². The monoisotopic (exact) mass is 340 g/mol. The molecule has 0 spiro atoms. The van der Waals surface area contributed by atoms with Crippen LogP contribution < -0.4 is 4.74 Å². The molecule has 0 bridgehead atoms. The minimum atomic E-state index is 0.638. The number of ether oxygens (including phenoxy) is 1. The molecule has 0 saturated heterocycles. The number of halogens is 2. The molecule has 0 aliphatic rings. The Morgan fingerprint density at radius 3 is 2.80 bits per heavy atom. The van der Waals surface area contributed by atoms with Gasteiger partial charge in [0.15, 0.2) is 0 Å². The molecular weight excluding hydrogens is 329 g/mol. The van der Waals surface area contributed by atoms with Gasteiger partial charge in [-0.3, -0.25) is 0 Å². The zero-order chi connectivity index (χ0) is 11.5. The molecule has 1 nitrogen and oxygen atoms in total. The molecule has 0 N–H and O–H groups in total. The molecule has 1 aromatic rings. The fourth-order valence-electron chi connectivity index (χ4n) is 1.05. The molecule has 0 fully saturated rings. The average molecular weight is 343 g/mol. The van der Waals surface area contributed by atoms with Gasteiger partial charge in [0.2, 0.25) is 0 Å². The number of unbranched alkanes of at least 4 members (excludes halogenated alkanes) is 2. The van der Waals surface area contributed by atoms with E-state index in [-0.39, 0.29) is 0 Å². The maximum atomic E-state index is 5.88. The van der Waals surface area contributed by atoms with Crippen molar-refractivity contribution in [1.82, 2.24) is 0 Å².